The van der Waals surface area contributed by atoms with E-state index >= 15 is 8.78 Å². The Balaban J connectivity index is 1.86. The van der Waals surface area contributed by atoms with Gasteiger partial charge in [-0.2, -0.15) is 4.98 Å². The number of hydrogen-bond donors (Lipinski definition) is 1. The van der Waals surface area contributed by atoms with Gasteiger partial charge in [0.25, 0.3) is 0 Å². The number of halogens is 5. The number of nitrogens with zero attached hydrogens (tertiary/aromatic N) is 6. The summed E-state index contributed by atoms with van der Waals surface area (Å²) in [7, 11) is 0. The number of nitrogen functional groups attached to an aromatic ring is 1. The van der Waals surface area contributed by atoms with Crippen molar-refractivity contribution in [2.75, 3.05) is 30.3 Å². The van der Waals surface area contributed by atoms with E-state index in [1.165, 1.54) is 6.08 Å². The molecule has 0 aliphatic carbocycles. The van der Waals surface area contributed by atoms with Gasteiger partial charge in [0.05, 0.1) is 28.0 Å². The zero-order chi connectivity index (χ0) is 32.2. The molecule has 1 aliphatic heterocycles. The fraction of sp³-hybridized carbons (Fsp3) is 0.300. The van der Waals surface area contributed by atoms with Crippen LogP contribution >= 0.6 is 11.6 Å². The molecule has 1 aliphatic rings. The Morgan fingerprint density at radius 2 is 1.86 bits per heavy atom. The van der Waals surface area contributed by atoms with Gasteiger partial charge < -0.3 is 15.5 Å². The molecule has 5 rings (SSSR count). The van der Waals surface area contributed by atoms with E-state index < -0.39 is 50.9 Å². The quantitative estimate of drug-likeness (QED) is 0.105. The molecule has 1 atom stereocenters. The van der Waals surface area contributed by atoms with Crippen molar-refractivity contribution in [3.05, 3.63) is 81.0 Å². The van der Waals surface area contributed by atoms with Crippen molar-refractivity contribution in [2.45, 2.75) is 39.7 Å². The average Bonchev–Trinajstić information content (AvgIpc) is 2.99. The normalized spacial score (nSPS) is 15.4. The summed E-state index contributed by atoms with van der Waals surface area (Å²) in [6, 6.07) is 2.33. The highest BCUT2D eigenvalue weighted by Crippen LogP contribution is 2.39. The highest BCUT2D eigenvalue weighted by molar-refractivity contribution is 6.31. The molecular formula is C30H28ClF4N7O2. The number of nitrogens with two attached hydrogens (primary N) is 1. The number of aryl methyl sites for hydroxylation is 1. The lowest BCUT2D eigenvalue weighted by atomic mass is 10.0. The standard InChI is InChI=1S/C30H28ClF4N7O2/c1-6-18(43)41-10-9-40(12-15(41)5)28-16-11-17(32)26(19-21(33)20(31)22(34)23(35)24(19)36)38-29(16)42(30(44)39-28)27-14(4)7-8-37-25(27)13(2)3/h6-8,11,13,15H,1,9-10,12,36H2,2-5H3/t15-/m1/s1. The third-order valence-corrected chi connectivity index (χ3v) is 7.98. The predicted molar refractivity (Wildman–Crippen MR) is 160 cm³/mol. The fourth-order valence-corrected chi connectivity index (χ4v) is 5.66. The molecule has 4 aromatic rings. The summed E-state index contributed by atoms with van der Waals surface area (Å²) < 4.78 is 61.1. The van der Waals surface area contributed by atoms with Gasteiger partial charge in [0.2, 0.25) is 5.91 Å². The molecule has 0 bridgehead atoms. The molecule has 1 fully saturated rings. The van der Waals surface area contributed by atoms with Crippen molar-refractivity contribution in [3.63, 3.8) is 0 Å². The molecule has 4 heterocycles. The molecule has 0 unspecified atom stereocenters. The van der Waals surface area contributed by atoms with Gasteiger partial charge in [0.15, 0.2) is 28.9 Å². The molecule has 9 nitrogen and oxygen atoms in total. The second kappa shape index (κ2) is 11.5. The van der Waals surface area contributed by atoms with Crippen LogP contribution in [0, 0.1) is 30.2 Å². The van der Waals surface area contributed by atoms with Gasteiger partial charge in [-0.25, -0.2) is 31.9 Å². The van der Waals surface area contributed by atoms with Crippen LogP contribution in [0.1, 0.15) is 37.9 Å². The minimum Gasteiger partial charge on any atom is -0.396 e. The number of rotatable bonds is 5. The number of fused-ring (bicyclic) bond motifs is 1. The van der Waals surface area contributed by atoms with Crippen LogP contribution in [0.4, 0.5) is 29.1 Å². The van der Waals surface area contributed by atoms with E-state index in [0.717, 1.165) is 10.6 Å². The molecular weight excluding hydrogens is 602 g/mol. The van der Waals surface area contributed by atoms with E-state index in [9.17, 15) is 18.4 Å². The zero-order valence-electron chi connectivity index (χ0n) is 24.3. The number of pyridine rings is 2. The molecule has 0 spiro atoms. The minimum atomic E-state index is -1.73. The highest BCUT2D eigenvalue weighted by Gasteiger charge is 2.32. The van der Waals surface area contributed by atoms with Gasteiger partial charge in [-0.1, -0.05) is 32.0 Å². The Morgan fingerprint density at radius 1 is 1.16 bits per heavy atom. The van der Waals surface area contributed by atoms with E-state index in [4.69, 9.17) is 17.3 Å². The molecule has 1 aromatic carbocycles. The van der Waals surface area contributed by atoms with E-state index in [-0.39, 0.29) is 54.4 Å². The number of hydrogen-bond acceptors (Lipinski definition) is 7. The molecule has 230 valence electrons. The molecule has 0 saturated carbocycles. The monoisotopic (exact) mass is 629 g/mol. The second-order valence-corrected chi connectivity index (χ2v) is 11.2. The van der Waals surface area contributed by atoms with E-state index in [1.54, 1.807) is 35.9 Å². The summed E-state index contributed by atoms with van der Waals surface area (Å²) in [5.41, 5.74) is 3.46. The number of carbonyl (C=O) groups excluding carboxylic acids is 1. The summed E-state index contributed by atoms with van der Waals surface area (Å²) in [5, 5.41) is -1.17. The van der Waals surface area contributed by atoms with Crippen LogP contribution in [-0.4, -0.2) is 56.0 Å². The average molecular weight is 630 g/mol. The van der Waals surface area contributed by atoms with E-state index in [0.29, 0.717) is 16.9 Å². The molecule has 3 aromatic heterocycles. The topological polar surface area (TPSA) is 110 Å². The second-order valence-electron chi connectivity index (χ2n) is 10.8. The summed E-state index contributed by atoms with van der Waals surface area (Å²) in [5.74, 6) is -6.45. The van der Waals surface area contributed by atoms with Gasteiger partial charge in [-0.05, 0) is 43.5 Å². The third kappa shape index (κ3) is 4.94. The van der Waals surface area contributed by atoms with E-state index in [2.05, 4.69) is 21.5 Å². The number of benzene rings is 1. The number of piperazine rings is 1. The minimum absolute atomic E-state index is 0.0622. The van der Waals surface area contributed by atoms with Crippen LogP contribution in [0.5, 0.6) is 0 Å². The Labute approximate surface area is 254 Å². The van der Waals surface area contributed by atoms with Crippen LogP contribution in [0.2, 0.25) is 5.02 Å². The number of anilines is 2. The summed E-state index contributed by atoms with van der Waals surface area (Å²) >= 11 is 5.68. The molecule has 1 amide bonds. The maximum absolute atomic E-state index is 15.9. The number of amides is 1. The summed E-state index contributed by atoms with van der Waals surface area (Å²) in [6.07, 6.45) is 2.78. The first kappa shape index (κ1) is 30.9. The smallest absolute Gasteiger partial charge is 0.355 e. The SMILES string of the molecule is C=CC(=O)N1CCN(c2nc(=O)n(-c3c(C)ccnc3C(C)C)c3nc(-c4c(N)c(F)c(F)c(Cl)c4F)c(F)cc23)C[C@H]1C. The lowest BCUT2D eigenvalue weighted by molar-refractivity contribution is -0.128. The van der Waals surface area contributed by atoms with Crippen molar-refractivity contribution >= 4 is 40.0 Å². The Morgan fingerprint density at radius 3 is 2.50 bits per heavy atom. The molecule has 0 radical (unpaired) electrons. The van der Waals surface area contributed by atoms with E-state index in [1.807, 2.05) is 13.8 Å². The van der Waals surface area contributed by atoms with Crippen LogP contribution in [0.3, 0.4) is 0 Å². The van der Waals surface area contributed by atoms with Crippen molar-refractivity contribution in [1.82, 2.24) is 24.4 Å². The number of aromatic nitrogens is 4. The Hall–Kier alpha value is -4.52. The zero-order valence-corrected chi connectivity index (χ0v) is 25.0. The lowest BCUT2D eigenvalue weighted by Gasteiger charge is -2.40. The first-order valence-corrected chi connectivity index (χ1v) is 14.0. The van der Waals surface area contributed by atoms with Crippen LogP contribution in [-0.2, 0) is 4.79 Å². The van der Waals surface area contributed by atoms with Crippen molar-refractivity contribution in [2.24, 2.45) is 0 Å². The van der Waals surface area contributed by atoms with Crippen LogP contribution < -0.4 is 16.3 Å². The Kier molecular flexibility index (Phi) is 8.10. The van der Waals surface area contributed by atoms with Crippen molar-refractivity contribution < 1.29 is 22.4 Å². The molecule has 1 saturated heterocycles. The predicted octanol–water partition coefficient (Wildman–Crippen LogP) is 5.29. The largest absolute Gasteiger partial charge is 0.396 e. The molecule has 44 heavy (non-hydrogen) atoms. The van der Waals surface area contributed by atoms with Gasteiger partial charge in [0.1, 0.15) is 16.5 Å². The first-order valence-electron chi connectivity index (χ1n) is 13.7. The molecule has 2 N–H and O–H groups in total. The van der Waals surface area contributed by atoms with Crippen molar-refractivity contribution in [1.29, 1.82) is 0 Å². The third-order valence-electron chi connectivity index (χ3n) is 7.65. The summed E-state index contributed by atoms with van der Waals surface area (Å²) in [4.78, 5) is 42.6. The van der Waals surface area contributed by atoms with Crippen LogP contribution in [0.25, 0.3) is 28.0 Å². The van der Waals surface area contributed by atoms with Gasteiger partial charge in [0, 0.05) is 31.9 Å². The van der Waals surface area contributed by atoms with Gasteiger partial charge in [-0.3, -0.25) is 9.78 Å². The van der Waals surface area contributed by atoms with Gasteiger partial charge in [-0.15, -0.1) is 0 Å². The Bertz CT molecular complexity index is 1880. The van der Waals surface area contributed by atoms with Crippen molar-refractivity contribution in [3.8, 4) is 16.9 Å². The first-order chi connectivity index (χ1) is 20.8. The maximum atomic E-state index is 15.9. The highest BCUT2D eigenvalue weighted by atomic mass is 35.5. The number of carbonyl (C=O) groups is 1. The lowest BCUT2D eigenvalue weighted by Crippen LogP contribution is -2.54. The molecule has 14 heteroatoms. The maximum Gasteiger partial charge on any atom is 0.355 e. The fourth-order valence-electron chi connectivity index (χ4n) is 5.48. The van der Waals surface area contributed by atoms with Crippen LogP contribution in [0.15, 0.2) is 35.8 Å². The summed E-state index contributed by atoms with van der Waals surface area (Å²) in [6.45, 7) is 11.5. The van der Waals surface area contributed by atoms with Gasteiger partial charge >= 0.3 is 5.69 Å².